The second-order valence-electron chi connectivity index (χ2n) is 4.66. The van der Waals surface area contributed by atoms with Gasteiger partial charge in [-0.2, -0.15) is 10.1 Å². The number of urea groups is 1. The highest BCUT2D eigenvalue weighted by Gasteiger charge is 2.16. The second kappa shape index (κ2) is 5.41. The maximum Gasteiger partial charge on any atom is 0.340 e. The molecule has 23 heavy (non-hydrogen) atoms. The van der Waals surface area contributed by atoms with Crippen LogP contribution < -0.4 is 27.0 Å². The summed E-state index contributed by atoms with van der Waals surface area (Å²) in [5.41, 5.74) is 3.97. The van der Waals surface area contributed by atoms with Crippen molar-refractivity contribution < 1.29 is 9.18 Å². The lowest BCUT2D eigenvalue weighted by atomic mass is 10.2. The number of hydrogen-bond donors (Lipinski definition) is 1. The predicted octanol–water partition coefficient (Wildman–Crippen LogP) is 0.371. The molecule has 0 aliphatic rings. The van der Waals surface area contributed by atoms with Crippen molar-refractivity contribution in [2.45, 2.75) is 0 Å². The van der Waals surface area contributed by atoms with E-state index in [4.69, 9.17) is 5.73 Å². The Bertz CT molecular complexity index is 1060. The Morgan fingerprint density at radius 3 is 2.57 bits per heavy atom. The lowest BCUT2D eigenvalue weighted by molar-refractivity contribution is 0.254. The Morgan fingerprint density at radius 1 is 1.17 bits per heavy atom. The smallest absolute Gasteiger partial charge is 0.340 e. The van der Waals surface area contributed by atoms with E-state index in [1.54, 1.807) is 0 Å². The van der Waals surface area contributed by atoms with E-state index in [0.717, 1.165) is 12.1 Å². The van der Waals surface area contributed by atoms with Crippen molar-refractivity contribution in [3.63, 3.8) is 0 Å². The van der Waals surface area contributed by atoms with Crippen molar-refractivity contribution in [2.24, 2.45) is 10.8 Å². The first-order valence-corrected chi connectivity index (χ1v) is 6.46. The van der Waals surface area contributed by atoms with Gasteiger partial charge in [0.25, 0.3) is 0 Å². The summed E-state index contributed by atoms with van der Waals surface area (Å²) in [6, 6.07) is 5.25. The molecule has 0 unspecified atom stereocenters. The first-order chi connectivity index (χ1) is 11.0. The normalized spacial score (nSPS) is 11.8. The number of primary amides is 1. The molecule has 3 rings (SSSR count). The van der Waals surface area contributed by atoms with Crippen LogP contribution in [0.15, 0.2) is 57.4 Å². The molecule has 114 valence electrons. The van der Waals surface area contributed by atoms with Crippen molar-refractivity contribution in [1.29, 1.82) is 0 Å². The Morgan fingerprint density at radius 2 is 1.91 bits per heavy atom. The molecule has 0 fully saturated rings. The van der Waals surface area contributed by atoms with E-state index >= 15 is 0 Å². The molecule has 2 aromatic carbocycles. The predicted molar refractivity (Wildman–Crippen MR) is 80.7 cm³/mol. The van der Waals surface area contributed by atoms with Gasteiger partial charge in [-0.1, -0.05) is 0 Å². The number of benzene rings is 1. The monoisotopic (exact) mass is 312 g/mol. The Hall–Kier alpha value is -3.42. The fraction of sp³-hybridized carbons (Fsp3) is 0. The highest BCUT2D eigenvalue weighted by Crippen LogP contribution is 2.11. The van der Waals surface area contributed by atoms with Crippen LogP contribution >= 0.6 is 0 Å². The van der Waals surface area contributed by atoms with E-state index in [1.807, 2.05) is 0 Å². The third-order valence-electron chi connectivity index (χ3n) is 3.20. The summed E-state index contributed by atoms with van der Waals surface area (Å²) in [5, 5.41) is 3.89. The zero-order valence-electron chi connectivity index (χ0n) is 11.6. The quantitative estimate of drug-likeness (QED) is 0.690. The van der Waals surface area contributed by atoms with Gasteiger partial charge in [-0.05, 0) is 30.3 Å². The van der Waals surface area contributed by atoms with Gasteiger partial charge in [0.1, 0.15) is 5.82 Å². The minimum Gasteiger partial charge on any atom is -0.350 e. The summed E-state index contributed by atoms with van der Waals surface area (Å²) in [5.74, 6) is -0.648. The number of rotatable bonds is 2. The molecule has 0 atom stereocenters. The fourth-order valence-corrected chi connectivity index (χ4v) is 2.16. The summed E-state index contributed by atoms with van der Waals surface area (Å²) < 4.78 is 13.2. The van der Waals surface area contributed by atoms with Gasteiger partial charge in [-0.15, -0.1) is 0 Å². The molecule has 8 heteroatoms. The van der Waals surface area contributed by atoms with Crippen molar-refractivity contribution in [3.05, 3.63) is 74.3 Å². The Kier molecular flexibility index (Phi) is 3.41. The lowest BCUT2D eigenvalue weighted by Gasteiger charge is -2.12. The topological polar surface area (TPSA) is 106 Å². The SMILES string of the molecule is NC(=O)N(/N=c1/c(=O)c2ccc(F)cc2c1=O)c1cccnc1. The van der Waals surface area contributed by atoms with Crippen LogP contribution in [-0.2, 0) is 0 Å². The van der Waals surface area contributed by atoms with Crippen LogP contribution in [0.25, 0.3) is 10.8 Å². The highest BCUT2D eigenvalue weighted by atomic mass is 19.1. The van der Waals surface area contributed by atoms with Crippen molar-refractivity contribution in [2.75, 3.05) is 5.01 Å². The number of pyridine rings is 1. The standard InChI is InChI=1S/C15H9FN4O3/c16-8-3-4-10-11(6-8)14(22)12(13(10)21)19-20(15(17)23)9-2-1-5-18-7-9/h1-7H,(H2,17,23)/b19-12-. The molecule has 7 nitrogen and oxygen atoms in total. The number of halogens is 1. The van der Waals surface area contributed by atoms with Gasteiger partial charge in [0.2, 0.25) is 10.9 Å². The molecule has 2 amide bonds. The number of amides is 2. The van der Waals surface area contributed by atoms with E-state index in [2.05, 4.69) is 10.1 Å². The summed E-state index contributed by atoms with van der Waals surface area (Å²) in [7, 11) is 0. The minimum absolute atomic E-state index is 0.0331. The summed E-state index contributed by atoms with van der Waals surface area (Å²) >= 11 is 0. The van der Waals surface area contributed by atoms with E-state index in [-0.39, 0.29) is 16.5 Å². The van der Waals surface area contributed by atoms with E-state index < -0.39 is 28.1 Å². The zero-order chi connectivity index (χ0) is 16.6. The minimum atomic E-state index is -0.992. The van der Waals surface area contributed by atoms with Crippen LogP contribution in [0.3, 0.4) is 0 Å². The van der Waals surface area contributed by atoms with Gasteiger partial charge >= 0.3 is 6.03 Å². The van der Waals surface area contributed by atoms with Crippen LogP contribution in [0, 0.1) is 5.82 Å². The second-order valence-corrected chi connectivity index (χ2v) is 4.66. The van der Waals surface area contributed by atoms with Crippen LogP contribution in [0.5, 0.6) is 0 Å². The van der Waals surface area contributed by atoms with Gasteiger partial charge in [0.15, 0.2) is 5.36 Å². The number of aromatic nitrogens is 1. The maximum atomic E-state index is 13.2. The lowest BCUT2D eigenvalue weighted by Crippen LogP contribution is -2.40. The molecule has 0 aliphatic heterocycles. The van der Waals surface area contributed by atoms with E-state index in [0.29, 0.717) is 5.01 Å². The largest absolute Gasteiger partial charge is 0.350 e. The molecule has 0 radical (unpaired) electrons. The molecule has 1 aromatic heterocycles. The molecule has 0 bridgehead atoms. The molecule has 0 saturated carbocycles. The number of anilines is 1. The number of nitrogens with zero attached hydrogens (tertiary/aromatic N) is 3. The van der Waals surface area contributed by atoms with Gasteiger partial charge in [0, 0.05) is 17.0 Å². The summed E-state index contributed by atoms with van der Waals surface area (Å²) in [4.78, 5) is 39.8. The van der Waals surface area contributed by atoms with E-state index in [9.17, 15) is 18.8 Å². The molecule has 3 aromatic rings. The number of carbonyl (C=O) groups is 1. The molecular weight excluding hydrogens is 303 g/mol. The molecule has 1 heterocycles. The Labute approximate surface area is 127 Å². The first kappa shape index (κ1) is 14.5. The first-order valence-electron chi connectivity index (χ1n) is 6.46. The van der Waals surface area contributed by atoms with Gasteiger partial charge < -0.3 is 5.73 Å². The zero-order valence-corrected chi connectivity index (χ0v) is 11.6. The maximum absolute atomic E-state index is 13.2. The van der Waals surface area contributed by atoms with E-state index in [1.165, 1.54) is 30.6 Å². The Balaban J connectivity index is 2.30. The van der Waals surface area contributed by atoms with Gasteiger partial charge in [-0.3, -0.25) is 14.6 Å². The summed E-state index contributed by atoms with van der Waals surface area (Å²) in [6.45, 7) is 0. The van der Waals surface area contributed by atoms with Crippen LogP contribution in [-0.4, -0.2) is 11.0 Å². The van der Waals surface area contributed by atoms with Crippen LogP contribution in [0.1, 0.15) is 0 Å². The summed E-state index contributed by atoms with van der Waals surface area (Å²) in [6.07, 6.45) is 2.77. The highest BCUT2D eigenvalue weighted by molar-refractivity contribution is 5.90. The molecular formula is C15H9FN4O3. The van der Waals surface area contributed by atoms with Crippen molar-refractivity contribution in [3.8, 4) is 0 Å². The molecule has 0 aliphatic carbocycles. The van der Waals surface area contributed by atoms with Crippen LogP contribution in [0.4, 0.5) is 14.9 Å². The third kappa shape index (κ3) is 2.46. The molecule has 2 N–H and O–H groups in total. The number of carbonyl (C=O) groups excluding carboxylic acids is 1. The fourth-order valence-electron chi connectivity index (χ4n) is 2.16. The molecule has 0 spiro atoms. The average Bonchev–Trinajstić information content (AvgIpc) is 2.76. The van der Waals surface area contributed by atoms with Crippen LogP contribution in [0.2, 0.25) is 0 Å². The third-order valence-corrected chi connectivity index (χ3v) is 3.20. The van der Waals surface area contributed by atoms with Crippen molar-refractivity contribution >= 4 is 22.5 Å². The number of nitrogens with two attached hydrogens (primary N) is 1. The number of fused-ring (bicyclic) bond motifs is 1. The van der Waals surface area contributed by atoms with Gasteiger partial charge in [0.05, 0.1) is 11.9 Å². The number of hydrogen-bond acceptors (Lipinski definition) is 5. The van der Waals surface area contributed by atoms with Crippen molar-refractivity contribution in [1.82, 2.24) is 4.98 Å². The molecule has 0 saturated heterocycles. The van der Waals surface area contributed by atoms with Gasteiger partial charge in [-0.25, -0.2) is 9.18 Å². The average molecular weight is 312 g/mol.